The number of nitrogens with zero attached hydrogens (tertiary/aromatic N) is 5. The van der Waals surface area contributed by atoms with Crippen molar-refractivity contribution in [1.29, 1.82) is 0 Å². The molecule has 3 rings (SSSR count). The van der Waals surface area contributed by atoms with Crippen molar-refractivity contribution in [2.24, 2.45) is 0 Å². The fourth-order valence-electron chi connectivity index (χ4n) is 3.18. The summed E-state index contributed by atoms with van der Waals surface area (Å²) in [5.74, 6) is 2.41. The third-order valence-corrected chi connectivity index (χ3v) is 5.71. The second kappa shape index (κ2) is 9.89. The first-order valence-electron chi connectivity index (χ1n) is 9.86. The molecule has 0 aliphatic carbocycles. The molecule has 7 heteroatoms. The van der Waals surface area contributed by atoms with Crippen LogP contribution in [-0.2, 0) is 12.3 Å². The fraction of sp³-hybridized carbons (Fsp3) is 0.476. The maximum atomic E-state index is 5.65. The Labute approximate surface area is 171 Å². The molecule has 0 N–H and O–H groups in total. The summed E-state index contributed by atoms with van der Waals surface area (Å²) in [6.07, 6.45) is 5.00. The Morgan fingerprint density at radius 1 is 1.14 bits per heavy atom. The highest BCUT2D eigenvalue weighted by atomic mass is 32.2. The summed E-state index contributed by atoms with van der Waals surface area (Å²) in [5.41, 5.74) is 1.90. The average molecular weight is 400 g/mol. The molecule has 0 spiro atoms. The highest BCUT2D eigenvalue weighted by Gasteiger charge is 2.22. The summed E-state index contributed by atoms with van der Waals surface area (Å²) < 4.78 is 7.93. The lowest BCUT2D eigenvalue weighted by molar-refractivity contribution is 0.270. The molecule has 150 valence electrons. The number of thioether (sulfide) groups is 1. The smallest absolute Gasteiger partial charge is 0.226 e. The van der Waals surface area contributed by atoms with Crippen LogP contribution in [0.1, 0.15) is 50.7 Å². The van der Waals surface area contributed by atoms with E-state index in [0.29, 0.717) is 11.6 Å². The lowest BCUT2D eigenvalue weighted by atomic mass is 10.2. The third-order valence-electron chi connectivity index (χ3n) is 4.71. The fourth-order valence-corrected chi connectivity index (χ4v) is 4.03. The van der Waals surface area contributed by atoms with Gasteiger partial charge in [-0.1, -0.05) is 50.2 Å². The molecular weight excluding hydrogens is 370 g/mol. The van der Waals surface area contributed by atoms with Crippen LogP contribution in [0.5, 0.6) is 0 Å². The molecular formula is C21H29N5OS. The lowest BCUT2D eigenvalue weighted by Crippen LogP contribution is -2.23. The zero-order valence-electron chi connectivity index (χ0n) is 17.1. The SMILES string of the molecule is CCCCn1c(SCc2coc(-c3ccccc3)n2)nnc1C(CC)N(C)C. The highest BCUT2D eigenvalue weighted by Crippen LogP contribution is 2.28. The summed E-state index contributed by atoms with van der Waals surface area (Å²) in [4.78, 5) is 6.83. The predicted octanol–water partition coefficient (Wildman–Crippen LogP) is 5.04. The van der Waals surface area contributed by atoms with Crippen LogP contribution in [0, 0.1) is 0 Å². The van der Waals surface area contributed by atoms with E-state index in [4.69, 9.17) is 4.42 Å². The normalized spacial score (nSPS) is 12.6. The van der Waals surface area contributed by atoms with Crippen molar-refractivity contribution in [3.63, 3.8) is 0 Å². The van der Waals surface area contributed by atoms with E-state index in [0.717, 1.165) is 48.0 Å². The van der Waals surface area contributed by atoms with Crippen molar-refractivity contribution in [2.75, 3.05) is 14.1 Å². The number of unbranched alkanes of at least 4 members (excludes halogenated alkanes) is 1. The third kappa shape index (κ3) is 4.83. The van der Waals surface area contributed by atoms with E-state index in [9.17, 15) is 0 Å². The number of hydrogen-bond acceptors (Lipinski definition) is 6. The minimum Gasteiger partial charge on any atom is -0.444 e. The van der Waals surface area contributed by atoms with Gasteiger partial charge in [-0.25, -0.2) is 4.98 Å². The Kier molecular flexibility index (Phi) is 7.28. The summed E-state index contributed by atoms with van der Waals surface area (Å²) in [6.45, 7) is 5.34. The number of benzene rings is 1. The monoisotopic (exact) mass is 399 g/mol. The lowest BCUT2D eigenvalue weighted by Gasteiger charge is -2.23. The quantitative estimate of drug-likeness (QED) is 0.445. The van der Waals surface area contributed by atoms with Crippen LogP contribution >= 0.6 is 11.8 Å². The number of oxazole rings is 1. The van der Waals surface area contributed by atoms with Gasteiger partial charge in [0.05, 0.1) is 11.7 Å². The zero-order chi connectivity index (χ0) is 19.9. The topological polar surface area (TPSA) is 60.0 Å². The Hall–Kier alpha value is -2.12. The molecule has 3 aromatic rings. The largest absolute Gasteiger partial charge is 0.444 e. The second-order valence-corrected chi connectivity index (χ2v) is 7.97. The summed E-state index contributed by atoms with van der Waals surface area (Å²) in [7, 11) is 4.20. The van der Waals surface area contributed by atoms with E-state index < -0.39 is 0 Å². The molecule has 1 aromatic carbocycles. The van der Waals surface area contributed by atoms with E-state index in [1.807, 2.05) is 30.3 Å². The maximum absolute atomic E-state index is 5.65. The zero-order valence-corrected chi connectivity index (χ0v) is 17.9. The van der Waals surface area contributed by atoms with Crippen LogP contribution < -0.4 is 0 Å². The van der Waals surface area contributed by atoms with Gasteiger partial charge in [-0.2, -0.15) is 0 Å². The maximum Gasteiger partial charge on any atom is 0.226 e. The van der Waals surface area contributed by atoms with Crippen molar-refractivity contribution in [3.8, 4) is 11.5 Å². The minimum absolute atomic E-state index is 0.274. The molecule has 1 atom stereocenters. The summed E-state index contributed by atoms with van der Waals surface area (Å²) in [6, 6.07) is 10.2. The number of aromatic nitrogens is 4. The summed E-state index contributed by atoms with van der Waals surface area (Å²) >= 11 is 1.67. The molecule has 2 aromatic heterocycles. The van der Waals surface area contributed by atoms with E-state index in [1.54, 1.807) is 18.0 Å². The van der Waals surface area contributed by atoms with Crippen LogP contribution in [0.25, 0.3) is 11.5 Å². The summed E-state index contributed by atoms with van der Waals surface area (Å²) in [5, 5.41) is 9.98. The molecule has 6 nitrogen and oxygen atoms in total. The molecule has 0 fully saturated rings. The van der Waals surface area contributed by atoms with E-state index in [-0.39, 0.29) is 6.04 Å². The first kappa shape index (κ1) is 20.6. The van der Waals surface area contributed by atoms with Crippen molar-refractivity contribution in [1.82, 2.24) is 24.6 Å². The molecule has 28 heavy (non-hydrogen) atoms. The van der Waals surface area contributed by atoms with Crippen LogP contribution in [-0.4, -0.2) is 38.7 Å². The molecule has 0 bridgehead atoms. The van der Waals surface area contributed by atoms with E-state index >= 15 is 0 Å². The molecule has 1 unspecified atom stereocenters. The Balaban J connectivity index is 1.75. The van der Waals surface area contributed by atoms with Crippen molar-refractivity contribution in [2.45, 2.75) is 56.6 Å². The van der Waals surface area contributed by atoms with Gasteiger partial charge in [0.25, 0.3) is 0 Å². The molecule has 0 saturated carbocycles. The second-order valence-electron chi connectivity index (χ2n) is 7.03. The molecule has 2 heterocycles. The Morgan fingerprint density at radius 3 is 2.61 bits per heavy atom. The van der Waals surface area contributed by atoms with Crippen LogP contribution in [0.15, 0.2) is 46.2 Å². The van der Waals surface area contributed by atoms with Gasteiger partial charge >= 0.3 is 0 Å². The van der Waals surface area contributed by atoms with Gasteiger partial charge in [-0.3, -0.25) is 4.90 Å². The van der Waals surface area contributed by atoms with Gasteiger partial charge in [0.15, 0.2) is 11.0 Å². The van der Waals surface area contributed by atoms with Crippen molar-refractivity contribution in [3.05, 3.63) is 48.1 Å². The standard InChI is InChI=1S/C21H29N5OS/c1-5-7-13-26-19(18(6-2)25(3)4)23-24-21(26)28-15-17-14-27-20(22-17)16-11-9-8-10-12-16/h8-12,14,18H,5-7,13,15H2,1-4H3. The van der Waals surface area contributed by atoms with E-state index in [1.165, 1.54) is 0 Å². The van der Waals surface area contributed by atoms with Crippen LogP contribution in [0.4, 0.5) is 0 Å². The first-order valence-corrected chi connectivity index (χ1v) is 10.8. The molecule has 0 saturated heterocycles. The molecule has 0 aliphatic rings. The van der Waals surface area contributed by atoms with E-state index in [2.05, 4.69) is 52.6 Å². The van der Waals surface area contributed by atoms with Gasteiger partial charge in [0, 0.05) is 17.9 Å². The molecule has 0 amide bonds. The Morgan fingerprint density at radius 2 is 1.93 bits per heavy atom. The molecule has 0 radical (unpaired) electrons. The van der Waals surface area contributed by atoms with Gasteiger partial charge in [-0.05, 0) is 39.1 Å². The van der Waals surface area contributed by atoms with Gasteiger partial charge < -0.3 is 8.98 Å². The Bertz CT molecular complexity index is 859. The van der Waals surface area contributed by atoms with Gasteiger partial charge in [-0.15, -0.1) is 10.2 Å². The van der Waals surface area contributed by atoms with Crippen molar-refractivity contribution < 1.29 is 4.42 Å². The van der Waals surface area contributed by atoms with Gasteiger partial charge in [0.2, 0.25) is 5.89 Å². The highest BCUT2D eigenvalue weighted by molar-refractivity contribution is 7.98. The van der Waals surface area contributed by atoms with Crippen LogP contribution in [0.3, 0.4) is 0 Å². The number of rotatable bonds is 10. The van der Waals surface area contributed by atoms with Crippen LogP contribution in [0.2, 0.25) is 0 Å². The molecule has 0 aliphatic heterocycles. The average Bonchev–Trinajstić information content (AvgIpc) is 3.33. The minimum atomic E-state index is 0.274. The van der Waals surface area contributed by atoms with Crippen molar-refractivity contribution >= 4 is 11.8 Å². The predicted molar refractivity (Wildman–Crippen MR) is 113 cm³/mol. The number of hydrogen-bond donors (Lipinski definition) is 0. The first-order chi connectivity index (χ1) is 13.6. The van der Waals surface area contributed by atoms with Gasteiger partial charge in [0.1, 0.15) is 6.26 Å².